The van der Waals surface area contributed by atoms with E-state index in [1.54, 1.807) is 6.11 Å². The average molecular weight is 98.1 g/mol. The highest BCUT2D eigenvalue weighted by molar-refractivity contribution is 5.77. The van der Waals surface area contributed by atoms with Crippen LogP contribution < -0.4 is 0 Å². The fourth-order valence-corrected chi connectivity index (χ4v) is 0.164. The highest BCUT2D eigenvalue weighted by Crippen LogP contribution is 1.73. The Balaban J connectivity index is 3.26. The standard InChI is InChI=1S/C5H6O2/c1-5(7)3-2-4-6/h6H,3H2,1H3. The van der Waals surface area contributed by atoms with Gasteiger partial charge in [-0.15, -0.1) is 0 Å². The summed E-state index contributed by atoms with van der Waals surface area (Å²) in [6, 6.07) is 0. The molecule has 0 rings (SSSR count). The summed E-state index contributed by atoms with van der Waals surface area (Å²) in [5.41, 5.74) is 0. The van der Waals surface area contributed by atoms with Gasteiger partial charge in [-0.25, -0.2) is 0 Å². The summed E-state index contributed by atoms with van der Waals surface area (Å²) in [5, 5.41) is 7.80. The molecule has 0 radical (unpaired) electrons. The number of carbonyl (C=O) groups is 1. The van der Waals surface area contributed by atoms with Gasteiger partial charge in [-0.05, 0) is 6.92 Å². The highest BCUT2D eigenvalue weighted by Gasteiger charge is 1.82. The Hall–Kier alpha value is -0.970. The van der Waals surface area contributed by atoms with Crippen molar-refractivity contribution in [2.75, 3.05) is 0 Å². The van der Waals surface area contributed by atoms with Gasteiger partial charge in [0.1, 0.15) is 11.9 Å². The van der Waals surface area contributed by atoms with Crippen LogP contribution >= 0.6 is 0 Å². The van der Waals surface area contributed by atoms with Gasteiger partial charge in [0.05, 0.1) is 6.42 Å². The van der Waals surface area contributed by atoms with Crippen molar-refractivity contribution in [3.8, 4) is 12.0 Å². The molecule has 0 atom stereocenters. The van der Waals surface area contributed by atoms with E-state index in [0.29, 0.717) is 0 Å². The summed E-state index contributed by atoms with van der Waals surface area (Å²) in [6.07, 6.45) is 1.78. The molecule has 2 nitrogen and oxygen atoms in total. The van der Waals surface area contributed by atoms with Gasteiger partial charge in [0, 0.05) is 0 Å². The van der Waals surface area contributed by atoms with Crippen molar-refractivity contribution in [2.45, 2.75) is 13.3 Å². The summed E-state index contributed by atoms with van der Waals surface area (Å²) in [4.78, 5) is 9.99. The van der Waals surface area contributed by atoms with E-state index in [0.717, 1.165) is 0 Å². The summed E-state index contributed by atoms with van der Waals surface area (Å²) in [7, 11) is 0. The lowest BCUT2D eigenvalue weighted by molar-refractivity contribution is -0.116. The molecule has 0 unspecified atom stereocenters. The molecular formula is C5H6O2. The van der Waals surface area contributed by atoms with Crippen LogP contribution in [0.25, 0.3) is 0 Å². The molecule has 38 valence electrons. The highest BCUT2D eigenvalue weighted by atomic mass is 16.2. The van der Waals surface area contributed by atoms with Crippen LogP contribution in [-0.2, 0) is 4.79 Å². The largest absolute Gasteiger partial charge is 0.462 e. The van der Waals surface area contributed by atoms with Crippen LogP contribution in [0.1, 0.15) is 13.3 Å². The molecule has 0 aromatic heterocycles. The molecule has 0 amide bonds. The third-order valence-electron chi connectivity index (χ3n) is 0.416. The zero-order chi connectivity index (χ0) is 5.70. The van der Waals surface area contributed by atoms with Crippen LogP contribution in [-0.4, -0.2) is 10.9 Å². The second-order valence-electron chi connectivity index (χ2n) is 1.17. The zero-order valence-corrected chi connectivity index (χ0v) is 4.06. The summed E-state index contributed by atoms with van der Waals surface area (Å²) in [5.74, 6) is 2.18. The van der Waals surface area contributed by atoms with Crippen molar-refractivity contribution >= 4 is 5.78 Å². The SMILES string of the molecule is CC(=O)CC#CO. The summed E-state index contributed by atoms with van der Waals surface area (Å²) < 4.78 is 0. The Kier molecular flexibility index (Phi) is 2.78. The van der Waals surface area contributed by atoms with E-state index in [9.17, 15) is 4.79 Å². The first-order valence-corrected chi connectivity index (χ1v) is 1.88. The van der Waals surface area contributed by atoms with E-state index in [2.05, 4.69) is 5.92 Å². The number of carbonyl (C=O) groups excluding carboxylic acids is 1. The van der Waals surface area contributed by atoms with Gasteiger partial charge in [-0.2, -0.15) is 0 Å². The molecule has 0 spiro atoms. The normalized spacial score (nSPS) is 6.43. The lowest BCUT2D eigenvalue weighted by atomic mass is 10.3. The van der Waals surface area contributed by atoms with Crippen molar-refractivity contribution in [2.24, 2.45) is 0 Å². The molecule has 0 saturated heterocycles. The third kappa shape index (κ3) is 5.03. The predicted molar refractivity (Wildman–Crippen MR) is 25.0 cm³/mol. The Morgan fingerprint density at radius 3 is 2.57 bits per heavy atom. The van der Waals surface area contributed by atoms with Gasteiger partial charge in [-0.3, -0.25) is 4.79 Å². The fourth-order valence-electron chi connectivity index (χ4n) is 0.164. The number of hydrogen-bond acceptors (Lipinski definition) is 2. The first-order chi connectivity index (χ1) is 3.27. The van der Waals surface area contributed by atoms with Crippen LogP contribution in [0.2, 0.25) is 0 Å². The van der Waals surface area contributed by atoms with Gasteiger partial charge < -0.3 is 5.11 Å². The number of aliphatic hydroxyl groups excluding tert-OH is 1. The van der Waals surface area contributed by atoms with Crippen molar-refractivity contribution in [3.63, 3.8) is 0 Å². The molecule has 0 saturated carbocycles. The topological polar surface area (TPSA) is 37.3 Å². The fraction of sp³-hybridized carbons (Fsp3) is 0.400. The lowest BCUT2D eigenvalue weighted by Crippen LogP contribution is -1.83. The minimum Gasteiger partial charge on any atom is -0.462 e. The summed E-state index contributed by atoms with van der Waals surface area (Å²) >= 11 is 0. The molecule has 0 fully saturated rings. The van der Waals surface area contributed by atoms with E-state index in [-0.39, 0.29) is 12.2 Å². The predicted octanol–water partition coefficient (Wildman–Crippen LogP) is 0.299. The monoisotopic (exact) mass is 98.0 g/mol. The molecular weight excluding hydrogens is 92.1 g/mol. The molecule has 0 bridgehead atoms. The zero-order valence-electron chi connectivity index (χ0n) is 4.06. The van der Waals surface area contributed by atoms with Crippen molar-refractivity contribution in [3.05, 3.63) is 0 Å². The van der Waals surface area contributed by atoms with Gasteiger partial charge >= 0.3 is 0 Å². The number of Topliss-reactive ketones (excluding diaryl/α,β-unsaturated/α-hetero) is 1. The second kappa shape index (κ2) is 3.23. The molecule has 0 heterocycles. The van der Waals surface area contributed by atoms with Crippen molar-refractivity contribution < 1.29 is 9.90 Å². The van der Waals surface area contributed by atoms with Gasteiger partial charge in [0.25, 0.3) is 0 Å². The number of hydrogen-bond donors (Lipinski definition) is 1. The molecule has 7 heavy (non-hydrogen) atoms. The molecule has 0 aromatic rings. The Bertz CT molecular complexity index is 116. The van der Waals surface area contributed by atoms with Crippen LogP contribution in [0.3, 0.4) is 0 Å². The van der Waals surface area contributed by atoms with Gasteiger partial charge in [0.15, 0.2) is 0 Å². The van der Waals surface area contributed by atoms with Crippen molar-refractivity contribution in [1.82, 2.24) is 0 Å². The molecule has 2 heteroatoms. The Morgan fingerprint density at radius 2 is 2.43 bits per heavy atom. The van der Waals surface area contributed by atoms with Crippen LogP contribution in [0.15, 0.2) is 0 Å². The van der Waals surface area contributed by atoms with E-state index in [1.807, 2.05) is 0 Å². The molecule has 1 N–H and O–H groups in total. The molecule has 0 aliphatic carbocycles. The maximum atomic E-state index is 9.99. The van der Waals surface area contributed by atoms with E-state index in [4.69, 9.17) is 5.11 Å². The first-order valence-electron chi connectivity index (χ1n) is 1.88. The number of rotatable bonds is 1. The number of ketones is 1. The van der Waals surface area contributed by atoms with E-state index < -0.39 is 0 Å². The minimum absolute atomic E-state index is 0.0263. The minimum atomic E-state index is -0.0263. The first kappa shape index (κ1) is 6.03. The van der Waals surface area contributed by atoms with Gasteiger partial charge in [0.2, 0.25) is 0 Å². The van der Waals surface area contributed by atoms with Crippen molar-refractivity contribution in [1.29, 1.82) is 0 Å². The molecule has 0 aromatic carbocycles. The molecule has 0 aliphatic heterocycles. The van der Waals surface area contributed by atoms with Crippen LogP contribution in [0, 0.1) is 12.0 Å². The lowest BCUT2D eigenvalue weighted by Gasteiger charge is -1.73. The second-order valence-corrected chi connectivity index (χ2v) is 1.17. The van der Waals surface area contributed by atoms with E-state index in [1.165, 1.54) is 6.92 Å². The van der Waals surface area contributed by atoms with Crippen LogP contribution in [0.5, 0.6) is 0 Å². The maximum absolute atomic E-state index is 9.99. The van der Waals surface area contributed by atoms with Crippen LogP contribution in [0.4, 0.5) is 0 Å². The number of aliphatic hydroxyl groups is 1. The smallest absolute Gasteiger partial charge is 0.141 e. The quantitative estimate of drug-likeness (QED) is 0.479. The Labute approximate surface area is 42.2 Å². The maximum Gasteiger partial charge on any atom is 0.141 e. The molecule has 0 aliphatic rings. The average Bonchev–Trinajstić information content (AvgIpc) is 1.61. The third-order valence-corrected chi connectivity index (χ3v) is 0.416. The van der Waals surface area contributed by atoms with Gasteiger partial charge in [-0.1, -0.05) is 5.92 Å². The Morgan fingerprint density at radius 1 is 1.86 bits per heavy atom. The summed E-state index contributed by atoms with van der Waals surface area (Å²) in [6.45, 7) is 1.42. The van der Waals surface area contributed by atoms with E-state index >= 15 is 0 Å².